The molecule has 0 aliphatic carbocycles. The second-order valence-electron chi connectivity index (χ2n) is 4.52. The van der Waals surface area contributed by atoms with Crippen LogP contribution in [0.5, 0.6) is 11.5 Å². The van der Waals surface area contributed by atoms with Crippen molar-refractivity contribution >= 4 is 29.0 Å². The number of benzene rings is 1. The summed E-state index contributed by atoms with van der Waals surface area (Å²) in [5.74, 6) is 0.189. The van der Waals surface area contributed by atoms with Gasteiger partial charge in [-0.05, 0) is 24.1 Å². The highest BCUT2D eigenvalue weighted by molar-refractivity contribution is 6.55. The first-order chi connectivity index (χ1) is 10.0. The number of carbonyl (C=O) groups excluding carboxylic acids is 2. The van der Waals surface area contributed by atoms with Gasteiger partial charge in [0.15, 0.2) is 11.5 Å². The average molecular weight is 310 g/mol. The van der Waals surface area contributed by atoms with Crippen LogP contribution < -0.4 is 9.47 Å². The normalized spacial score (nSPS) is 15.0. The summed E-state index contributed by atoms with van der Waals surface area (Å²) in [7, 11) is 3.03. The molecule has 1 aromatic rings. The highest BCUT2D eigenvalue weighted by atomic mass is 35.5. The molecule has 0 aromatic heterocycles. The van der Waals surface area contributed by atoms with Gasteiger partial charge < -0.3 is 9.47 Å². The summed E-state index contributed by atoms with van der Waals surface area (Å²) in [4.78, 5) is 25.5. The number of ether oxygens (including phenoxy) is 2. The van der Waals surface area contributed by atoms with Gasteiger partial charge in [-0.2, -0.15) is 0 Å². The van der Waals surface area contributed by atoms with Gasteiger partial charge >= 0.3 is 0 Å². The van der Waals surface area contributed by atoms with E-state index in [9.17, 15) is 9.59 Å². The number of hydrogen-bond acceptors (Lipinski definition) is 4. The second kappa shape index (κ2) is 6.18. The van der Waals surface area contributed by atoms with Crippen LogP contribution in [0.4, 0.5) is 0 Å². The Kier molecular flexibility index (Phi) is 4.53. The fourth-order valence-electron chi connectivity index (χ4n) is 2.22. The summed E-state index contributed by atoms with van der Waals surface area (Å²) < 4.78 is 10.4. The van der Waals surface area contributed by atoms with Gasteiger partial charge in [-0.25, -0.2) is 0 Å². The minimum Gasteiger partial charge on any atom is -0.493 e. The number of amides is 2. The Morgan fingerprint density at radius 1 is 1.10 bits per heavy atom. The molecule has 0 atom stereocenters. The lowest BCUT2D eigenvalue weighted by Crippen LogP contribution is -2.31. The first-order valence-electron chi connectivity index (χ1n) is 6.53. The maximum atomic E-state index is 12.4. The van der Waals surface area contributed by atoms with Gasteiger partial charge in [0.05, 0.1) is 19.8 Å². The molecule has 21 heavy (non-hydrogen) atoms. The van der Waals surface area contributed by atoms with Gasteiger partial charge in [-0.1, -0.05) is 24.6 Å². The number of nitrogens with zero attached hydrogens (tertiary/aromatic N) is 1. The molecule has 0 spiro atoms. The number of methoxy groups -OCH3 is 2. The minimum absolute atomic E-state index is 0.0549. The molecule has 0 saturated carbocycles. The van der Waals surface area contributed by atoms with Crippen LogP contribution in [-0.4, -0.2) is 37.5 Å². The lowest BCUT2D eigenvalue weighted by atomic mass is 10.1. The molecule has 6 heteroatoms. The Morgan fingerprint density at radius 3 is 2.33 bits per heavy atom. The van der Waals surface area contributed by atoms with Crippen LogP contribution in [0.1, 0.15) is 18.9 Å². The van der Waals surface area contributed by atoms with E-state index in [1.54, 1.807) is 18.2 Å². The Balaban J connectivity index is 2.46. The monoisotopic (exact) mass is 309 g/mol. The van der Waals surface area contributed by atoms with Crippen LogP contribution in [0.2, 0.25) is 0 Å². The maximum absolute atomic E-state index is 12.4. The average Bonchev–Trinajstić information content (AvgIpc) is 2.71. The van der Waals surface area contributed by atoms with E-state index < -0.39 is 5.91 Å². The van der Waals surface area contributed by atoms with Crippen molar-refractivity contribution < 1.29 is 19.1 Å². The zero-order valence-electron chi connectivity index (χ0n) is 12.1. The molecule has 1 aliphatic rings. The molecule has 0 radical (unpaired) electrons. The highest BCUT2D eigenvalue weighted by Gasteiger charge is 2.37. The second-order valence-corrected chi connectivity index (χ2v) is 4.90. The predicted molar refractivity (Wildman–Crippen MR) is 79.3 cm³/mol. The maximum Gasteiger partial charge on any atom is 0.273 e. The number of halogens is 1. The number of carbonyl (C=O) groups is 2. The van der Waals surface area contributed by atoms with E-state index in [1.165, 1.54) is 14.2 Å². The molecule has 0 fully saturated rings. The van der Waals surface area contributed by atoms with Crippen molar-refractivity contribution in [3.05, 3.63) is 28.8 Å². The van der Waals surface area contributed by atoms with E-state index in [2.05, 4.69) is 0 Å². The van der Waals surface area contributed by atoms with Gasteiger partial charge in [0.2, 0.25) is 0 Å². The topological polar surface area (TPSA) is 55.8 Å². The number of hydrogen-bond donors (Lipinski definition) is 0. The quantitative estimate of drug-likeness (QED) is 0.784. The molecule has 112 valence electrons. The first kappa shape index (κ1) is 15.4. The minimum atomic E-state index is -0.451. The SMILES string of the molecule is CCCN1C(=O)C(Cl)=C(c2ccc(OC)c(OC)c2)C1=O. The molecule has 2 amide bonds. The summed E-state index contributed by atoms with van der Waals surface area (Å²) in [6, 6.07) is 4.99. The summed E-state index contributed by atoms with van der Waals surface area (Å²) in [5.41, 5.74) is 0.741. The van der Waals surface area contributed by atoms with Gasteiger partial charge in [-0.15, -0.1) is 0 Å². The van der Waals surface area contributed by atoms with Crippen LogP contribution in [0, 0.1) is 0 Å². The third kappa shape index (κ3) is 2.61. The Labute approximate surface area is 128 Å². The molecule has 1 aromatic carbocycles. The molecule has 0 bridgehead atoms. The van der Waals surface area contributed by atoms with Crippen molar-refractivity contribution in [3.8, 4) is 11.5 Å². The summed E-state index contributed by atoms with van der Waals surface area (Å²) in [5, 5.41) is -0.0549. The smallest absolute Gasteiger partial charge is 0.273 e. The lowest BCUT2D eigenvalue weighted by Gasteiger charge is -2.13. The predicted octanol–water partition coefficient (Wildman–Crippen LogP) is 2.43. The Bertz CT molecular complexity index is 624. The largest absolute Gasteiger partial charge is 0.493 e. The van der Waals surface area contributed by atoms with Crippen LogP contribution in [0.3, 0.4) is 0 Å². The standard InChI is InChI=1S/C15H16ClNO4/c1-4-7-17-14(18)12(13(16)15(17)19)9-5-6-10(20-2)11(8-9)21-3/h5-6,8H,4,7H2,1-3H3. The third-order valence-corrected chi connectivity index (χ3v) is 3.58. The van der Waals surface area contributed by atoms with E-state index in [-0.39, 0.29) is 16.5 Å². The fraction of sp³-hybridized carbons (Fsp3) is 0.333. The van der Waals surface area contributed by atoms with E-state index in [0.717, 1.165) is 4.90 Å². The molecule has 5 nitrogen and oxygen atoms in total. The van der Waals surface area contributed by atoms with Crippen LogP contribution in [0.15, 0.2) is 23.2 Å². The van der Waals surface area contributed by atoms with Gasteiger partial charge in [-0.3, -0.25) is 14.5 Å². The van der Waals surface area contributed by atoms with Crippen LogP contribution in [0.25, 0.3) is 5.57 Å². The lowest BCUT2D eigenvalue weighted by molar-refractivity contribution is -0.136. The zero-order chi connectivity index (χ0) is 15.6. The van der Waals surface area contributed by atoms with E-state index in [4.69, 9.17) is 21.1 Å². The third-order valence-electron chi connectivity index (χ3n) is 3.23. The van der Waals surface area contributed by atoms with Crippen molar-refractivity contribution in [3.63, 3.8) is 0 Å². The van der Waals surface area contributed by atoms with E-state index >= 15 is 0 Å². The fourth-order valence-corrected chi connectivity index (χ4v) is 2.51. The van der Waals surface area contributed by atoms with Crippen molar-refractivity contribution in [1.29, 1.82) is 0 Å². The molecule has 1 aliphatic heterocycles. The van der Waals surface area contributed by atoms with Crippen molar-refractivity contribution in [1.82, 2.24) is 4.90 Å². The number of imide groups is 1. The van der Waals surface area contributed by atoms with E-state index in [0.29, 0.717) is 30.0 Å². The van der Waals surface area contributed by atoms with Crippen LogP contribution >= 0.6 is 11.6 Å². The van der Waals surface area contributed by atoms with Crippen molar-refractivity contribution in [2.45, 2.75) is 13.3 Å². The molecule has 0 saturated heterocycles. The Morgan fingerprint density at radius 2 is 1.76 bits per heavy atom. The summed E-state index contributed by atoms with van der Waals surface area (Å²) in [6.45, 7) is 2.24. The molecule has 0 N–H and O–H groups in total. The van der Waals surface area contributed by atoms with Gasteiger partial charge in [0.1, 0.15) is 5.03 Å². The van der Waals surface area contributed by atoms with Crippen molar-refractivity contribution in [2.24, 2.45) is 0 Å². The summed E-state index contributed by atoms with van der Waals surface area (Å²) in [6.07, 6.45) is 0.681. The van der Waals surface area contributed by atoms with E-state index in [1.807, 2.05) is 6.92 Å². The molecular weight excluding hydrogens is 294 g/mol. The Hall–Kier alpha value is -2.01. The molecule has 2 rings (SSSR count). The highest BCUT2D eigenvalue weighted by Crippen LogP contribution is 2.36. The zero-order valence-corrected chi connectivity index (χ0v) is 12.9. The molecule has 0 unspecified atom stereocenters. The first-order valence-corrected chi connectivity index (χ1v) is 6.91. The van der Waals surface area contributed by atoms with Gasteiger partial charge in [0, 0.05) is 6.54 Å². The summed E-state index contributed by atoms with van der Waals surface area (Å²) >= 11 is 6.05. The van der Waals surface area contributed by atoms with Gasteiger partial charge in [0.25, 0.3) is 11.8 Å². The van der Waals surface area contributed by atoms with Crippen molar-refractivity contribution in [2.75, 3.05) is 20.8 Å². The molecule has 1 heterocycles. The molecular formula is C15H16ClNO4. The van der Waals surface area contributed by atoms with Crippen LogP contribution in [-0.2, 0) is 9.59 Å². The number of rotatable bonds is 5.